The number of carbonyl (C=O) groups is 1. The molecule has 0 spiro atoms. The minimum Gasteiger partial charge on any atom is -0.380 e. The Bertz CT molecular complexity index is 1570. The molecule has 0 fully saturated rings. The van der Waals surface area contributed by atoms with Crippen molar-refractivity contribution < 1.29 is 4.79 Å². The number of carbonyl (C=O) groups excluding carboxylic acids is 1. The molecule has 5 rings (SSSR count). The minimum absolute atomic E-state index is 0.169. The van der Waals surface area contributed by atoms with Gasteiger partial charge in [0.2, 0.25) is 0 Å². The molecule has 5 aromatic rings. The molecule has 0 radical (unpaired) electrons. The Kier molecular flexibility index (Phi) is 6.83. The van der Waals surface area contributed by atoms with Crippen molar-refractivity contribution in [1.29, 1.82) is 0 Å². The van der Waals surface area contributed by atoms with Crippen LogP contribution in [0, 0.1) is 6.92 Å². The average Bonchev–Trinajstić information content (AvgIpc) is 3.33. The fourth-order valence-corrected chi connectivity index (χ4v) is 4.25. The number of fused-ring (bicyclic) bond motifs is 1. The van der Waals surface area contributed by atoms with Crippen LogP contribution in [0.2, 0.25) is 0 Å². The fourth-order valence-electron chi connectivity index (χ4n) is 4.25. The fraction of sp³-hybridized carbons (Fsp3) is 0.194. The summed E-state index contributed by atoms with van der Waals surface area (Å²) in [6, 6.07) is 25.6. The Morgan fingerprint density at radius 1 is 0.842 bits per heavy atom. The minimum atomic E-state index is -0.332. The molecule has 0 saturated heterocycles. The van der Waals surface area contributed by atoms with E-state index in [1.54, 1.807) is 17.1 Å². The van der Waals surface area contributed by atoms with Crippen molar-refractivity contribution >= 4 is 34.0 Å². The normalized spacial score (nSPS) is 11.4. The van der Waals surface area contributed by atoms with E-state index in [0.29, 0.717) is 12.4 Å². The molecule has 192 valence electrons. The zero-order chi connectivity index (χ0) is 26.7. The van der Waals surface area contributed by atoms with Crippen molar-refractivity contribution in [3.05, 3.63) is 108 Å². The van der Waals surface area contributed by atoms with E-state index in [1.165, 1.54) is 0 Å². The third-order valence-corrected chi connectivity index (χ3v) is 6.40. The molecule has 2 aromatic heterocycles. The maximum absolute atomic E-state index is 13.2. The van der Waals surface area contributed by atoms with Gasteiger partial charge >= 0.3 is 6.03 Å². The van der Waals surface area contributed by atoms with E-state index in [2.05, 4.69) is 47.8 Å². The second-order valence-corrected chi connectivity index (χ2v) is 10.4. The van der Waals surface area contributed by atoms with Crippen LogP contribution in [0.3, 0.4) is 0 Å². The largest absolute Gasteiger partial charge is 0.380 e. The number of benzene rings is 3. The van der Waals surface area contributed by atoms with Crippen molar-refractivity contribution in [2.24, 2.45) is 0 Å². The molecule has 0 atom stereocenters. The van der Waals surface area contributed by atoms with Gasteiger partial charge in [0, 0.05) is 46.9 Å². The number of aromatic nitrogens is 3. The van der Waals surface area contributed by atoms with Crippen molar-refractivity contribution in [1.82, 2.24) is 14.8 Å². The van der Waals surface area contributed by atoms with Crippen LogP contribution in [0.4, 0.5) is 22.0 Å². The van der Waals surface area contributed by atoms with Gasteiger partial charge in [-0.05, 0) is 48.9 Å². The number of amides is 2. The number of nitrogens with one attached hydrogen (secondary N) is 3. The molecule has 2 heterocycles. The Labute approximate surface area is 222 Å². The summed E-state index contributed by atoms with van der Waals surface area (Å²) in [5.41, 5.74) is 5.64. The lowest BCUT2D eigenvalue weighted by Crippen LogP contribution is -2.21. The van der Waals surface area contributed by atoms with Gasteiger partial charge in [-0.1, -0.05) is 62.7 Å². The maximum Gasteiger partial charge on any atom is 0.324 e. The highest BCUT2D eigenvalue weighted by Crippen LogP contribution is 2.31. The number of hydrogen-bond acceptors (Lipinski definition) is 4. The van der Waals surface area contributed by atoms with Gasteiger partial charge < -0.3 is 10.6 Å². The molecular weight excluding hydrogens is 472 g/mol. The first-order chi connectivity index (χ1) is 18.3. The van der Waals surface area contributed by atoms with Crippen LogP contribution in [0.15, 0.2) is 91.3 Å². The Hall–Kier alpha value is -4.65. The van der Waals surface area contributed by atoms with Crippen molar-refractivity contribution in [2.45, 2.75) is 39.7 Å². The molecule has 2 amide bonds. The smallest absolute Gasteiger partial charge is 0.324 e. The van der Waals surface area contributed by atoms with Gasteiger partial charge in [-0.25, -0.2) is 9.48 Å². The standard InChI is InChI=1S/C31H32N6O/c1-21-9-11-23(12-10-21)37-29(19-28(36-37)31(2,3)4)35-30(38)34-27-14-13-26(24-7-5-6-8-25(24)27)33-20-22-15-17-32-18-16-22/h5-19,33H,20H2,1-4H3,(H2,34,35,38). The number of urea groups is 1. The highest BCUT2D eigenvalue weighted by Gasteiger charge is 2.22. The van der Waals surface area contributed by atoms with E-state index >= 15 is 0 Å². The molecule has 0 bridgehead atoms. The van der Waals surface area contributed by atoms with E-state index in [-0.39, 0.29) is 11.4 Å². The van der Waals surface area contributed by atoms with Gasteiger partial charge in [0.05, 0.1) is 17.1 Å². The Morgan fingerprint density at radius 2 is 1.50 bits per heavy atom. The topological polar surface area (TPSA) is 83.9 Å². The Balaban J connectivity index is 1.39. The van der Waals surface area contributed by atoms with Gasteiger partial charge in [-0.15, -0.1) is 0 Å². The van der Waals surface area contributed by atoms with E-state index in [1.807, 2.05) is 79.7 Å². The maximum atomic E-state index is 13.2. The highest BCUT2D eigenvalue weighted by molar-refractivity contribution is 6.09. The van der Waals surface area contributed by atoms with Crippen molar-refractivity contribution in [2.75, 3.05) is 16.0 Å². The summed E-state index contributed by atoms with van der Waals surface area (Å²) >= 11 is 0. The zero-order valence-electron chi connectivity index (χ0n) is 22.1. The summed E-state index contributed by atoms with van der Waals surface area (Å²) in [7, 11) is 0. The molecule has 3 aromatic carbocycles. The number of nitrogens with zero attached hydrogens (tertiary/aromatic N) is 3. The monoisotopic (exact) mass is 504 g/mol. The third-order valence-electron chi connectivity index (χ3n) is 6.40. The molecule has 3 N–H and O–H groups in total. The molecular formula is C31H32N6O. The third kappa shape index (κ3) is 5.52. The molecule has 0 unspecified atom stereocenters. The predicted octanol–water partition coefficient (Wildman–Crippen LogP) is 7.28. The average molecular weight is 505 g/mol. The van der Waals surface area contributed by atoms with E-state index in [9.17, 15) is 4.79 Å². The number of pyridine rings is 1. The molecule has 0 aliphatic rings. The summed E-state index contributed by atoms with van der Waals surface area (Å²) in [6.07, 6.45) is 3.58. The quantitative estimate of drug-likeness (QED) is 0.227. The van der Waals surface area contributed by atoms with Crippen LogP contribution in [0.1, 0.15) is 37.6 Å². The first-order valence-electron chi connectivity index (χ1n) is 12.7. The van der Waals surface area contributed by atoms with E-state index < -0.39 is 0 Å². The summed E-state index contributed by atoms with van der Waals surface area (Å²) < 4.78 is 1.78. The van der Waals surface area contributed by atoms with E-state index in [4.69, 9.17) is 5.10 Å². The second kappa shape index (κ2) is 10.4. The van der Waals surface area contributed by atoms with Crippen LogP contribution in [-0.2, 0) is 12.0 Å². The van der Waals surface area contributed by atoms with Gasteiger partial charge in [-0.2, -0.15) is 5.10 Å². The molecule has 38 heavy (non-hydrogen) atoms. The van der Waals surface area contributed by atoms with Crippen LogP contribution in [0.25, 0.3) is 16.5 Å². The van der Waals surface area contributed by atoms with Crippen LogP contribution < -0.4 is 16.0 Å². The van der Waals surface area contributed by atoms with Gasteiger partial charge in [0.1, 0.15) is 5.82 Å². The summed E-state index contributed by atoms with van der Waals surface area (Å²) in [4.78, 5) is 17.3. The second-order valence-electron chi connectivity index (χ2n) is 10.4. The number of hydrogen-bond donors (Lipinski definition) is 3. The Morgan fingerprint density at radius 3 is 2.18 bits per heavy atom. The first kappa shape index (κ1) is 25.0. The molecule has 0 saturated carbocycles. The van der Waals surface area contributed by atoms with Gasteiger partial charge in [0.15, 0.2) is 0 Å². The number of aryl methyl sites for hydroxylation is 1. The number of rotatable bonds is 6. The molecule has 0 aliphatic heterocycles. The predicted molar refractivity (Wildman–Crippen MR) is 155 cm³/mol. The molecule has 7 heteroatoms. The SMILES string of the molecule is Cc1ccc(-n2nc(C(C)(C)C)cc2NC(=O)Nc2ccc(NCc3ccncc3)c3ccccc23)cc1. The highest BCUT2D eigenvalue weighted by atomic mass is 16.2. The number of anilines is 3. The summed E-state index contributed by atoms with van der Waals surface area (Å²) in [6.45, 7) is 9.04. The van der Waals surface area contributed by atoms with Crippen molar-refractivity contribution in [3.8, 4) is 5.69 Å². The molecule has 0 aliphatic carbocycles. The van der Waals surface area contributed by atoms with Gasteiger partial charge in [-0.3, -0.25) is 10.3 Å². The van der Waals surface area contributed by atoms with Crippen molar-refractivity contribution in [3.63, 3.8) is 0 Å². The lowest BCUT2D eigenvalue weighted by Gasteiger charge is -2.15. The lowest BCUT2D eigenvalue weighted by molar-refractivity contribution is 0.262. The van der Waals surface area contributed by atoms with Crippen LogP contribution in [-0.4, -0.2) is 20.8 Å². The summed E-state index contributed by atoms with van der Waals surface area (Å²) in [5.74, 6) is 0.608. The van der Waals surface area contributed by atoms with E-state index in [0.717, 1.165) is 44.7 Å². The van der Waals surface area contributed by atoms with Gasteiger partial charge in [0.25, 0.3) is 0 Å². The van der Waals surface area contributed by atoms with Crippen LogP contribution >= 0.6 is 0 Å². The lowest BCUT2D eigenvalue weighted by atomic mass is 9.92. The summed E-state index contributed by atoms with van der Waals surface area (Å²) in [5, 5.41) is 16.4. The van der Waals surface area contributed by atoms with Crippen LogP contribution in [0.5, 0.6) is 0 Å². The molecule has 7 nitrogen and oxygen atoms in total. The zero-order valence-corrected chi connectivity index (χ0v) is 22.1. The first-order valence-corrected chi connectivity index (χ1v) is 12.7.